The number of nitrogens with zero attached hydrogens (tertiary/aromatic N) is 7. The zero-order valence-electron chi connectivity index (χ0n) is 28.2. The molecule has 5 aromatic rings. The molecule has 11 rings (SSSR count). The number of carbonyl (C=O) groups excluding carboxylic acids is 1. The first-order valence-corrected chi connectivity index (χ1v) is 19.0. The van der Waals surface area contributed by atoms with Crippen molar-refractivity contribution in [2.24, 2.45) is 11.8 Å². The Bertz CT molecular complexity index is 2310. The highest BCUT2D eigenvalue weighted by molar-refractivity contribution is 6.43. The average molecular weight is 724 g/mol. The molecule has 5 atom stereocenters. The number of aryl methyl sites for hydroxylation is 2. The molecule has 0 radical (unpaired) electrons. The second-order valence-corrected chi connectivity index (χ2v) is 16.1. The van der Waals surface area contributed by atoms with Gasteiger partial charge in [-0.1, -0.05) is 35.3 Å². The van der Waals surface area contributed by atoms with E-state index in [1.165, 1.54) is 0 Å². The van der Waals surface area contributed by atoms with Crippen molar-refractivity contribution < 1.29 is 9.18 Å². The highest BCUT2D eigenvalue weighted by atomic mass is 35.5. The van der Waals surface area contributed by atoms with E-state index in [9.17, 15) is 10.1 Å². The van der Waals surface area contributed by atoms with Crippen LogP contribution in [0, 0.1) is 35.9 Å². The summed E-state index contributed by atoms with van der Waals surface area (Å²) in [6, 6.07) is 12.0. The van der Waals surface area contributed by atoms with Crippen LogP contribution in [0.3, 0.4) is 0 Å². The summed E-state index contributed by atoms with van der Waals surface area (Å²) in [4.78, 5) is 25.7. The van der Waals surface area contributed by atoms with Gasteiger partial charge in [-0.25, -0.2) is 19.0 Å². The van der Waals surface area contributed by atoms with E-state index in [2.05, 4.69) is 31.9 Å². The predicted molar refractivity (Wildman–Crippen MR) is 193 cm³/mol. The molecule has 2 bridgehead atoms. The number of hydrogen-bond acceptors (Lipinski definition) is 6. The molecule has 12 heteroatoms. The SMILES string of the molecule is Cc1nc2c(F)c(-c3cccc(Cl)c3Cl)c(CCC#N)cc2c2c1cc(C1CC(n3cnc(C4CC4)n3)CN1C(=O)C1CC1)n2C1C2CNC1C2. The zero-order valence-corrected chi connectivity index (χ0v) is 29.8. The van der Waals surface area contributed by atoms with Crippen molar-refractivity contribution in [3.8, 4) is 17.2 Å². The van der Waals surface area contributed by atoms with E-state index in [-0.39, 0.29) is 46.9 Å². The van der Waals surface area contributed by atoms with Gasteiger partial charge in [0.2, 0.25) is 5.91 Å². The monoisotopic (exact) mass is 722 g/mol. The third kappa shape index (κ3) is 4.95. The highest BCUT2D eigenvalue weighted by Gasteiger charge is 2.51. The zero-order chi connectivity index (χ0) is 34.7. The van der Waals surface area contributed by atoms with Gasteiger partial charge in [0.15, 0.2) is 11.6 Å². The lowest BCUT2D eigenvalue weighted by atomic mass is 9.79. The first kappa shape index (κ1) is 31.7. The van der Waals surface area contributed by atoms with E-state index in [0.29, 0.717) is 57.9 Å². The summed E-state index contributed by atoms with van der Waals surface area (Å²) in [6.45, 7) is 3.45. The number of amides is 1. The molecule has 6 aliphatic rings. The number of carbonyl (C=O) groups is 1. The standard InChI is InChI=1S/C39H37Cl2FN8O/c1-19-26-15-31(30-14-24(17-48(30)39(51)21-9-10-21)49-18-45-38(47-49)20-7-8-20)50(36-23-13-29(36)44-16-23)37(26)27-12-22(4-3-11-43)32(34(42)35(27)46-19)25-5-2-6-28(40)33(25)41/h2,5-6,12,15,18,20-21,23-24,29-30,36,44H,3-4,7-10,13-14,16-17H2,1H3. The lowest BCUT2D eigenvalue weighted by molar-refractivity contribution is -0.133. The fraction of sp³-hybridized carbons (Fsp3) is 0.462. The molecule has 3 aliphatic heterocycles. The minimum absolute atomic E-state index is 0.0106. The normalized spacial score (nSPS) is 25.5. The van der Waals surface area contributed by atoms with Gasteiger partial charge in [0, 0.05) is 70.7 Å². The second kappa shape index (κ2) is 11.7. The van der Waals surface area contributed by atoms with Gasteiger partial charge in [-0.3, -0.25) is 4.79 Å². The van der Waals surface area contributed by atoms with E-state index >= 15 is 4.39 Å². The van der Waals surface area contributed by atoms with Crippen LogP contribution >= 0.6 is 23.2 Å². The van der Waals surface area contributed by atoms with Gasteiger partial charge in [-0.15, -0.1) is 0 Å². The van der Waals surface area contributed by atoms with Gasteiger partial charge in [-0.05, 0) is 81.5 Å². The largest absolute Gasteiger partial charge is 0.337 e. The molecule has 6 fully saturated rings. The second-order valence-electron chi connectivity index (χ2n) is 15.3. The quantitative estimate of drug-likeness (QED) is 0.174. The van der Waals surface area contributed by atoms with Crippen LogP contribution in [0.15, 0.2) is 36.7 Å². The molecule has 51 heavy (non-hydrogen) atoms. The number of halogens is 3. The highest BCUT2D eigenvalue weighted by Crippen LogP contribution is 2.52. The van der Waals surface area contributed by atoms with E-state index in [4.69, 9.17) is 33.3 Å². The van der Waals surface area contributed by atoms with Crippen molar-refractivity contribution in [2.75, 3.05) is 13.1 Å². The third-order valence-corrected chi connectivity index (χ3v) is 12.9. The molecule has 1 amide bonds. The van der Waals surface area contributed by atoms with Crippen molar-refractivity contribution in [3.05, 3.63) is 75.3 Å². The maximum Gasteiger partial charge on any atom is 0.226 e. The Labute approximate surface area is 304 Å². The van der Waals surface area contributed by atoms with Crippen LogP contribution < -0.4 is 5.32 Å². The van der Waals surface area contributed by atoms with E-state index < -0.39 is 5.82 Å². The molecule has 3 aromatic heterocycles. The average Bonchev–Trinajstić information content (AvgIpc) is 3.82. The number of fused-ring (bicyclic) bond motifs is 4. The Hall–Kier alpha value is -4.04. The van der Waals surface area contributed by atoms with E-state index in [1.807, 2.05) is 24.0 Å². The molecule has 3 aliphatic carbocycles. The molecular formula is C39H37Cl2FN8O. The Kier molecular flexibility index (Phi) is 7.29. The predicted octanol–water partition coefficient (Wildman–Crippen LogP) is 7.99. The summed E-state index contributed by atoms with van der Waals surface area (Å²) in [5.41, 5.74) is 4.51. The molecule has 3 saturated carbocycles. The summed E-state index contributed by atoms with van der Waals surface area (Å²) in [5, 5.41) is 20.5. The van der Waals surface area contributed by atoms with Gasteiger partial charge in [0.05, 0.1) is 39.8 Å². The maximum atomic E-state index is 17.2. The minimum atomic E-state index is -0.470. The van der Waals surface area contributed by atoms with Crippen LogP contribution in [-0.2, 0) is 11.2 Å². The minimum Gasteiger partial charge on any atom is -0.337 e. The topological polar surface area (TPSA) is 105 Å². The van der Waals surface area contributed by atoms with Crippen LogP contribution in [0.1, 0.15) is 91.8 Å². The van der Waals surface area contributed by atoms with E-state index in [1.54, 1.807) is 18.2 Å². The Morgan fingerprint density at radius 2 is 1.98 bits per heavy atom. The Morgan fingerprint density at radius 3 is 2.71 bits per heavy atom. The van der Waals surface area contributed by atoms with Crippen LogP contribution in [0.2, 0.25) is 10.0 Å². The van der Waals surface area contributed by atoms with Gasteiger partial charge in [0.25, 0.3) is 0 Å². The fourth-order valence-electron chi connectivity index (χ4n) is 9.19. The van der Waals surface area contributed by atoms with Crippen molar-refractivity contribution in [1.82, 2.24) is 34.5 Å². The summed E-state index contributed by atoms with van der Waals surface area (Å²) in [7, 11) is 0. The van der Waals surface area contributed by atoms with E-state index in [0.717, 1.165) is 73.2 Å². The number of nitriles is 1. The molecular weight excluding hydrogens is 686 g/mol. The first-order chi connectivity index (χ1) is 24.8. The molecule has 2 aromatic carbocycles. The van der Waals surface area contributed by atoms with Crippen LogP contribution in [-0.4, -0.2) is 54.3 Å². The van der Waals surface area contributed by atoms with Crippen molar-refractivity contribution in [3.63, 3.8) is 0 Å². The molecule has 6 heterocycles. The number of benzene rings is 2. The summed E-state index contributed by atoms with van der Waals surface area (Å²) in [6.07, 6.45) is 8.35. The lowest BCUT2D eigenvalue weighted by Gasteiger charge is -2.39. The molecule has 0 spiro atoms. The van der Waals surface area contributed by atoms with Gasteiger partial charge in [-0.2, -0.15) is 10.4 Å². The first-order valence-electron chi connectivity index (χ1n) is 18.2. The molecule has 5 unspecified atom stereocenters. The smallest absolute Gasteiger partial charge is 0.226 e. The van der Waals surface area contributed by atoms with Crippen molar-refractivity contribution >= 4 is 50.9 Å². The Balaban J connectivity index is 1.19. The van der Waals surface area contributed by atoms with Crippen LogP contribution in [0.5, 0.6) is 0 Å². The number of rotatable bonds is 8. The van der Waals surface area contributed by atoms with Crippen LogP contribution in [0.4, 0.5) is 4.39 Å². The Morgan fingerprint density at radius 1 is 1.14 bits per heavy atom. The molecule has 1 N–H and O–H groups in total. The van der Waals surface area contributed by atoms with Crippen molar-refractivity contribution in [2.45, 2.75) is 88.4 Å². The molecule has 3 saturated heterocycles. The van der Waals surface area contributed by atoms with Crippen molar-refractivity contribution in [1.29, 1.82) is 5.26 Å². The molecule has 260 valence electrons. The summed E-state index contributed by atoms with van der Waals surface area (Å²) in [5.74, 6) is 1.61. The van der Waals surface area contributed by atoms with Gasteiger partial charge >= 0.3 is 0 Å². The number of pyridine rings is 1. The van der Waals surface area contributed by atoms with Crippen LogP contribution in [0.25, 0.3) is 32.9 Å². The summed E-state index contributed by atoms with van der Waals surface area (Å²) >= 11 is 13.1. The summed E-state index contributed by atoms with van der Waals surface area (Å²) < 4.78 is 21.6. The van der Waals surface area contributed by atoms with Gasteiger partial charge < -0.3 is 14.8 Å². The third-order valence-electron chi connectivity index (χ3n) is 12.1. The molecule has 9 nitrogen and oxygen atoms in total. The lowest BCUT2D eigenvalue weighted by Crippen LogP contribution is -2.41. The fourth-order valence-corrected chi connectivity index (χ4v) is 9.58. The maximum absolute atomic E-state index is 17.2. The number of aromatic nitrogens is 5. The van der Waals surface area contributed by atoms with Gasteiger partial charge in [0.1, 0.15) is 11.8 Å². The number of hydrogen-bond donors (Lipinski definition) is 1. The number of nitrogens with one attached hydrogen (secondary N) is 1. The number of likely N-dealkylation sites (tertiary alicyclic amines) is 1.